The van der Waals surface area contributed by atoms with E-state index in [1.807, 2.05) is 13.8 Å². The second-order valence-corrected chi connectivity index (χ2v) is 11.1. The molecule has 0 bridgehead atoms. The third kappa shape index (κ3) is 5.18. The van der Waals surface area contributed by atoms with E-state index in [-0.39, 0.29) is 16.8 Å². The minimum atomic E-state index is -3.46. The zero-order valence-corrected chi connectivity index (χ0v) is 21.3. The van der Waals surface area contributed by atoms with E-state index in [0.29, 0.717) is 44.0 Å². The van der Waals surface area contributed by atoms with Crippen molar-refractivity contribution in [2.24, 2.45) is 0 Å². The van der Waals surface area contributed by atoms with Crippen LogP contribution in [0.3, 0.4) is 0 Å². The van der Waals surface area contributed by atoms with Crippen molar-refractivity contribution in [3.63, 3.8) is 0 Å². The van der Waals surface area contributed by atoms with Gasteiger partial charge in [-0.15, -0.1) is 0 Å². The molecule has 3 aromatic rings. The molecule has 2 N–H and O–H groups in total. The van der Waals surface area contributed by atoms with Gasteiger partial charge in [-0.05, 0) is 49.9 Å². The molecular formula is C25H33N5O4S. The summed E-state index contributed by atoms with van der Waals surface area (Å²) in [5.74, 6) is 1.34. The molecule has 1 aliphatic rings. The zero-order valence-electron chi connectivity index (χ0n) is 20.5. The number of ether oxygens (including phenoxy) is 1. The second kappa shape index (κ2) is 10.3. The molecule has 0 aliphatic carbocycles. The molecule has 1 aliphatic heterocycles. The molecule has 0 spiro atoms. The van der Waals surface area contributed by atoms with Crippen molar-refractivity contribution in [3.8, 4) is 0 Å². The highest BCUT2D eigenvalue weighted by Gasteiger charge is 2.23. The Bertz CT molecular complexity index is 1320. The summed E-state index contributed by atoms with van der Waals surface area (Å²) in [6.45, 7) is 8.05. The minimum Gasteiger partial charge on any atom is -0.382 e. The molecule has 188 valence electrons. The molecule has 10 heteroatoms. The summed E-state index contributed by atoms with van der Waals surface area (Å²) in [4.78, 5) is 22.2. The number of hydrogen-bond donors (Lipinski definition) is 1. The number of aromatic nitrogens is 3. The number of nitrogens with zero attached hydrogens (tertiary/aromatic N) is 4. The molecule has 0 radical (unpaired) electrons. The number of pyridine rings is 1. The van der Waals surface area contributed by atoms with Crippen molar-refractivity contribution in [1.29, 1.82) is 0 Å². The van der Waals surface area contributed by atoms with Crippen LogP contribution in [0.2, 0.25) is 0 Å². The number of anilines is 1. The maximum Gasteiger partial charge on any atom is 0.209 e. The van der Waals surface area contributed by atoms with Crippen LogP contribution in [0.15, 0.2) is 29.2 Å². The normalized spacial score (nSPS) is 16.7. The lowest BCUT2D eigenvalue weighted by molar-refractivity contribution is -0.125. The topological polar surface area (TPSA) is 120 Å². The molecule has 9 nitrogen and oxygen atoms in total. The van der Waals surface area contributed by atoms with E-state index in [9.17, 15) is 13.2 Å². The molecule has 1 fully saturated rings. The standard InChI is InChI=1S/C25H33N5O4S/c1-4-6-22-28-23-24(17(2)18(3)27-25(23)26)30(22)11-5-14-35(32,33)20-9-7-19(8-10-20)21-15-29(16-31)12-13-34-21/h7-10,16,21H,4-6,11-15H2,1-3H3,(H2,26,27). The molecule has 1 saturated heterocycles. The van der Waals surface area contributed by atoms with Crippen LogP contribution in [0.1, 0.15) is 48.5 Å². The van der Waals surface area contributed by atoms with E-state index in [0.717, 1.165) is 47.4 Å². The quantitative estimate of drug-likeness (QED) is 0.449. The van der Waals surface area contributed by atoms with Crippen LogP contribution >= 0.6 is 0 Å². The lowest BCUT2D eigenvalue weighted by atomic mass is 10.1. The van der Waals surface area contributed by atoms with E-state index in [1.54, 1.807) is 29.2 Å². The van der Waals surface area contributed by atoms with E-state index in [2.05, 4.69) is 16.5 Å². The zero-order chi connectivity index (χ0) is 25.2. The second-order valence-electron chi connectivity index (χ2n) is 9.04. The molecule has 2 aromatic heterocycles. The monoisotopic (exact) mass is 499 g/mol. The smallest absolute Gasteiger partial charge is 0.209 e. The number of carbonyl (C=O) groups excluding carboxylic acids is 1. The maximum atomic E-state index is 13.1. The molecule has 1 unspecified atom stereocenters. The molecule has 4 rings (SSSR count). The van der Waals surface area contributed by atoms with Crippen LogP contribution in [-0.4, -0.2) is 59.7 Å². The van der Waals surface area contributed by atoms with Crippen LogP contribution in [0.5, 0.6) is 0 Å². The Balaban J connectivity index is 1.49. The minimum absolute atomic E-state index is 0.0228. The van der Waals surface area contributed by atoms with Gasteiger partial charge < -0.3 is 19.9 Å². The summed E-state index contributed by atoms with van der Waals surface area (Å²) >= 11 is 0. The molecule has 35 heavy (non-hydrogen) atoms. The van der Waals surface area contributed by atoms with Crippen molar-refractivity contribution in [2.45, 2.75) is 57.6 Å². The number of imidazole rings is 1. The number of rotatable bonds is 9. The first-order valence-electron chi connectivity index (χ1n) is 12.0. The Labute approximate surface area is 206 Å². The molecule has 1 amide bonds. The molecule has 0 saturated carbocycles. The highest BCUT2D eigenvalue weighted by molar-refractivity contribution is 7.91. The van der Waals surface area contributed by atoms with Gasteiger partial charge in [0.2, 0.25) is 6.41 Å². The Kier molecular flexibility index (Phi) is 7.42. The predicted octanol–water partition coefficient (Wildman–Crippen LogP) is 2.98. The van der Waals surface area contributed by atoms with Crippen molar-refractivity contribution in [3.05, 3.63) is 46.9 Å². The maximum absolute atomic E-state index is 13.1. The summed E-state index contributed by atoms with van der Waals surface area (Å²) in [6.07, 6.45) is 2.73. The van der Waals surface area contributed by atoms with E-state index in [1.165, 1.54) is 0 Å². The van der Waals surface area contributed by atoms with Gasteiger partial charge in [-0.25, -0.2) is 18.4 Å². The summed E-state index contributed by atoms with van der Waals surface area (Å²) in [5, 5.41) is 0. The molecular weight excluding hydrogens is 466 g/mol. The van der Waals surface area contributed by atoms with Gasteiger partial charge in [-0.2, -0.15) is 0 Å². The van der Waals surface area contributed by atoms with Crippen molar-refractivity contribution in [2.75, 3.05) is 31.2 Å². The van der Waals surface area contributed by atoms with Gasteiger partial charge in [-0.3, -0.25) is 4.79 Å². The van der Waals surface area contributed by atoms with Gasteiger partial charge >= 0.3 is 0 Å². The van der Waals surface area contributed by atoms with Gasteiger partial charge in [-0.1, -0.05) is 19.1 Å². The van der Waals surface area contributed by atoms with Crippen molar-refractivity contribution >= 4 is 33.1 Å². The van der Waals surface area contributed by atoms with Gasteiger partial charge in [0.25, 0.3) is 0 Å². The van der Waals surface area contributed by atoms with Crippen molar-refractivity contribution < 1.29 is 17.9 Å². The summed E-state index contributed by atoms with van der Waals surface area (Å²) < 4.78 is 34.0. The average Bonchev–Trinajstić information content (AvgIpc) is 3.21. The molecule has 3 heterocycles. The lowest BCUT2D eigenvalue weighted by Crippen LogP contribution is -2.37. The first-order valence-corrected chi connectivity index (χ1v) is 13.7. The number of nitrogens with two attached hydrogens (primary N) is 1. The molecule has 1 aromatic carbocycles. The fraction of sp³-hybridized carbons (Fsp3) is 0.480. The number of benzene rings is 1. The van der Waals surface area contributed by atoms with Crippen LogP contribution in [0, 0.1) is 13.8 Å². The SMILES string of the molecule is CCCc1nc2c(N)nc(C)c(C)c2n1CCCS(=O)(=O)c1ccc(C2CN(C=O)CCO2)cc1. The summed E-state index contributed by atoms with van der Waals surface area (Å²) in [6, 6.07) is 6.80. The number of hydrogen-bond acceptors (Lipinski definition) is 7. The largest absolute Gasteiger partial charge is 0.382 e. The van der Waals surface area contributed by atoms with Crippen LogP contribution in [0.4, 0.5) is 5.82 Å². The van der Waals surface area contributed by atoms with Crippen LogP contribution in [-0.2, 0) is 32.3 Å². The van der Waals surface area contributed by atoms with Gasteiger partial charge in [0.1, 0.15) is 17.4 Å². The van der Waals surface area contributed by atoms with Gasteiger partial charge in [0.05, 0.1) is 29.3 Å². The molecule has 1 atom stereocenters. The Morgan fingerprint density at radius 3 is 2.63 bits per heavy atom. The number of fused-ring (bicyclic) bond motifs is 1. The Morgan fingerprint density at radius 2 is 1.94 bits per heavy atom. The number of sulfone groups is 1. The predicted molar refractivity (Wildman–Crippen MR) is 135 cm³/mol. The fourth-order valence-corrected chi connectivity index (χ4v) is 5.88. The summed E-state index contributed by atoms with van der Waals surface area (Å²) in [7, 11) is -3.46. The Hall–Kier alpha value is -2.98. The van der Waals surface area contributed by atoms with E-state index >= 15 is 0 Å². The van der Waals surface area contributed by atoms with Gasteiger partial charge in [0.15, 0.2) is 15.7 Å². The summed E-state index contributed by atoms with van der Waals surface area (Å²) in [5.41, 5.74) is 10.5. The highest BCUT2D eigenvalue weighted by atomic mass is 32.2. The number of amides is 1. The fourth-order valence-electron chi connectivity index (χ4n) is 4.59. The van der Waals surface area contributed by atoms with E-state index in [4.69, 9.17) is 15.5 Å². The lowest BCUT2D eigenvalue weighted by Gasteiger charge is -2.30. The number of morpholine rings is 1. The third-order valence-corrected chi connectivity index (χ3v) is 8.42. The first-order chi connectivity index (χ1) is 16.7. The van der Waals surface area contributed by atoms with Crippen LogP contribution in [0.25, 0.3) is 11.0 Å². The Morgan fingerprint density at radius 1 is 1.20 bits per heavy atom. The van der Waals surface area contributed by atoms with Crippen molar-refractivity contribution in [1.82, 2.24) is 19.4 Å². The van der Waals surface area contributed by atoms with Crippen LogP contribution < -0.4 is 5.73 Å². The van der Waals surface area contributed by atoms with E-state index < -0.39 is 9.84 Å². The third-order valence-electron chi connectivity index (χ3n) is 6.60. The average molecular weight is 500 g/mol. The number of nitrogen functional groups attached to an aromatic ring is 1. The van der Waals surface area contributed by atoms with Gasteiger partial charge in [0, 0.05) is 25.2 Å². The first kappa shape index (κ1) is 25.1. The number of carbonyl (C=O) groups is 1. The highest BCUT2D eigenvalue weighted by Crippen LogP contribution is 2.28. The number of aryl methyl sites for hydroxylation is 4.